The summed E-state index contributed by atoms with van der Waals surface area (Å²) in [5, 5.41) is 9.08. The fraction of sp³-hybridized carbons (Fsp3) is 0.364. The minimum atomic E-state index is -0.971. The average Bonchev–Trinajstić information content (AvgIpc) is 3.01. The van der Waals surface area contributed by atoms with Gasteiger partial charge < -0.3 is 10.8 Å². The molecule has 0 saturated heterocycles. The Labute approximate surface area is 101 Å². The number of nitrogens with two attached hydrogens (primary N) is 1. The quantitative estimate of drug-likeness (QED) is 0.898. The van der Waals surface area contributed by atoms with Gasteiger partial charge in [-0.15, -0.1) is 0 Å². The molecular formula is C11H11BrFNO2. The van der Waals surface area contributed by atoms with E-state index in [-0.39, 0.29) is 5.56 Å². The topological polar surface area (TPSA) is 63.3 Å². The number of aliphatic carboxylic acids is 1. The highest BCUT2D eigenvalue weighted by Gasteiger charge is 2.55. The van der Waals surface area contributed by atoms with Crippen LogP contribution < -0.4 is 5.73 Å². The highest BCUT2D eigenvalue weighted by Crippen LogP contribution is 2.54. The van der Waals surface area contributed by atoms with Gasteiger partial charge in [-0.25, -0.2) is 4.39 Å². The van der Waals surface area contributed by atoms with E-state index in [0.29, 0.717) is 17.3 Å². The van der Waals surface area contributed by atoms with E-state index in [1.165, 1.54) is 6.07 Å². The molecule has 3 nitrogen and oxygen atoms in total. The van der Waals surface area contributed by atoms with E-state index in [0.717, 1.165) is 0 Å². The van der Waals surface area contributed by atoms with Crippen LogP contribution in [0.4, 0.5) is 4.39 Å². The summed E-state index contributed by atoms with van der Waals surface area (Å²) in [5.41, 5.74) is 5.15. The number of halogens is 2. The van der Waals surface area contributed by atoms with Crippen molar-refractivity contribution in [2.24, 2.45) is 11.1 Å². The van der Waals surface area contributed by atoms with Crippen molar-refractivity contribution < 1.29 is 14.3 Å². The number of carboxylic acid groups (broad SMARTS) is 1. The summed E-state index contributed by atoms with van der Waals surface area (Å²) in [6, 6.07) is 3.61. The fourth-order valence-corrected chi connectivity index (χ4v) is 2.22. The van der Waals surface area contributed by atoms with E-state index >= 15 is 0 Å². The number of hydrogen-bond donors (Lipinski definition) is 2. The Kier molecular flexibility index (Phi) is 2.75. The average molecular weight is 288 g/mol. The van der Waals surface area contributed by atoms with Crippen LogP contribution >= 0.6 is 15.9 Å². The molecule has 0 bridgehead atoms. The maximum atomic E-state index is 13.5. The van der Waals surface area contributed by atoms with Gasteiger partial charge in [-0.1, -0.05) is 15.9 Å². The molecule has 0 aromatic heterocycles. The Morgan fingerprint density at radius 1 is 1.56 bits per heavy atom. The van der Waals surface area contributed by atoms with Crippen molar-refractivity contribution >= 4 is 21.9 Å². The van der Waals surface area contributed by atoms with E-state index in [1.807, 2.05) is 0 Å². The van der Waals surface area contributed by atoms with Crippen molar-refractivity contribution in [3.8, 4) is 0 Å². The van der Waals surface area contributed by atoms with Gasteiger partial charge in [-0.3, -0.25) is 4.79 Å². The molecule has 1 unspecified atom stereocenters. The number of rotatable bonds is 3. The number of benzene rings is 1. The minimum absolute atomic E-state index is 0.259. The van der Waals surface area contributed by atoms with Crippen molar-refractivity contribution in [2.75, 3.05) is 0 Å². The van der Waals surface area contributed by atoms with Crippen molar-refractivity contribution in [1.82, 2.24) is 0 Å². The summed E-state index contributed by atoms with van der Waals surface area (Å²) < 4.78 is 14.2. The SMILES string of the molecule is NC(c1cc(Br)ccc1F)C1(C(=O)O)CC1. The monoisotopic (exact) mass is 287 g/mol. The summed E-state index contributed by atoms with van der Waals surface area (Å²) >= 11 is 3.22. The Bertz CT molecular complexity index is 446. The molecule has 16 heavy (non-hydrogen) atoms. The van der Waals surface area contributed by atoms with Crippen molar-refractivity contribution in [3.63, 3.8) is 0 Å². The molecule has 0 amide bonds. The van der Waals surface area contributed by atoms with Crippen molar-refractivity contribution in [3.05, 3.63) is 34.1 Å². The van der Waals surface area contributed by atoms with Gasteiger partial charge >= 0.3 is 5.97 Å². The largest absolute Gasteiger partial charge is 0.481 e. The van der Waals surface area contributed by atoms with E-state index in [2.05, 4.69) is 15.9 Å². The molecule has 1 aliphatic rings. The Morgan fingerprint density at radius 2 is 2.19 bits per heavy atom. The summed E-state index contributed by atoms with van der Waals surface area (Å²) in [4.78, 5) is 11.1. The van der Waals surface area contributed by atoms with Crippen molar-refractivity contribution in [1.29, 1.82) is 0 Å². The third-order valence-corrected chi connectivity index (χ3v) is 3.60. The second kappa shape index (κ2) is 3.82. The summed E-state index contributed by atoms with van der Waals surface area (Å²) in [6.07, 6.45) is 1.02. The molecule has 0 spiro atoms. The molecule has 1 aromatic carbocycles. The van der Waals surface area contributed by atoms with Gasteiger partial charge in [0.05, 0.1) is 5.41 Å². The van der Waals surface area contributed by atoms with Gasteiger partial charge in [0, 0.05) is 16.1 Å². The molecule has 0 aliphatic heterocycles. The molecule has 5 heteroatoms. The van der Waals surface area contributed by atoms with Gasteiger partial charge in [-0.2, -0.15) is 0 Å². The first-order valence-corrected chi connectivity index (χ1v) is 5.70. The minimum Gasteiger partial charge on any atom is -0.481 e. The van der Waals surface area contributed by atoms with Gasteiger partial charge in [0.1, 0.15) is 5.82 Å². The van der Waals surface area contributed by atoms with Crippen LogP contribution in [0.2, 0.25) is 0 Å². The molecule has 1 fully saturated rings. The van der Waals surface area contributed by atoms with Crippen LogP contribution in [0.25, 0.3) is 0 Å². The predicted molar refractivity (Wildman–Crippen MR) is 60.3 cm³/mol. The third-order valence-electron chi connectivity index (χ3n) is 3.10. The second-order valence-corrected chi connectivity index (χ2v) is 5.02. The Balaban J connectivity index is 2.38. The molecule has 0 radical (unpaired) electrons. The lowest BCUT2D eigenvalue weighted by molar-refractivity contribution is -0.144. The van der Waals surface area contributed by atoms with E-state index < -0.39 is 23.2 Å². The van der Waals surface area contributed by atoms with Crippen molar-refractivity contribution in [2.45, 2.75) is 18.9 Å². The van der Waals surface area contributed by atoms with Crippen LogP contribution in [0.5, 0.6) is 0 Å². The van der Waals surface area contributed by atoms with Crippen LogP contribution in [0.15, 0.2) is 22.7 Å². The van der Waals surface area contributed by atoms with Crippen LogP contribution in [0, 0.1) is 11.2 Å². The second-order valence-electron chi connectivity index (χ2n) is 4.10. The number of hydrogen-bond acceptors (Lipinski definition) is 2. The lowest BCUT2D eigenvalue weighted by atomic mass is 9.90. The maximum absolute atomic E-state index is 13.5. The van der Waals surface area contributed by atoms with Crippen LogP contribution in [0.3, 0.4) is 0 Å². The summed E-state index contributed by atoms with van der Waals surface area (Å²) in [6.45, 7) is 0. The standard InChI is InChI=1S/C11H11BrFNO2/c12-6-1-2-8(13)7(5-6)9(14)11(3-4-11)10(15)16/h1-2,5,9H,3-4,14H2,(H,15,16). The summed E-state index contributed by atoms with van der Waals surface area (Å²) in [5.74, 6) is -1.40. The van der Waals surface area contributed by atoms with Crippen LogP contribution in [-0.4, -0.2) is 11.1 Å². The first kappa shape index (κ1) is 11.5. The first-order chi connectivity index (χ1) is 7.47. The number of carboxylic acids is 1. The highest BCUT2D eigenvalue weighted by molar-refractivity contribution is 9.10. The molecule has 1 aromatic rings. The van der Waals surface area contributed by atoms with Crippen LogP contribution in [-0.2, 0) is 4.79 Å². The highest BCUT2D eigenvalue weighted by atomic mass is 79.9. The molecule has 2 rings (SSSR count). The Morgan fingerprint density at radius 3 is 2.69 bits per heavy atom. The zero-order chi connectivity index (χ0) is 11.9. The molecule has 1 saturated carbocycles. The zero-order valence-corrected chi connectivity index (χ0v) is 10.00. The van der Waals surface area contributed by atoms with E-state index in [1.54, 1.807) is 12.1 Å². The predicted octanol–water partition coefficient (Wildman–Crippen LogP) is 2.45. The smallest absolute Gasteiger partial charge is 0.311 e. The third kappa shape index (κ3) is 1.74. The van der Waals surface area contributed by atoms with Gasteiger partial charge in [0.25, 0.3) is 0 Å². The van der Waals surface area contributed by atoms with E-state index in [9.17, 15) is 9.18 Å². The lowest BCUT2D eigenvalue weighted by Crippen LogP contribution is -2.30. The molecular weight excluding hydrogens is 277 g/mol. The van der Waals surface area contributed by atoms with E-state index in [4.69, 9.17) is 10.8 Å². The lowest BCUT2D eigenvalue weighted by Gasteiger charge is -2.20. The first-order valence-electron chi connectivity index (χ1n) is 4.91. The Hall–Kier alpha value is -0.940. The molecule has 3 N–H and O–H groups in total. The van der Waals surface area contributed by atoms with Crippen LogP contribution in [0.1, 0.15) is 24.4 Å². The molecule has 86 valence electrons. The zero-order valence-electron chi connectivity index (χ0n) is 8.41. The van der Waals surface area contributed by atoms with Gasteiger partial charge in [0.15, 0.2) is 0 Å². The molecule has 0 heterocycles. The fourth-order valence-electron chi connectivity index (χ4n) is 1.84. The van der Waals surface area contributed by atoms with Gasteiger partial charge in [0.2, 0.25) is 0 Å². The summed E-state index contributed by atoms with van der Waals surface area (Å²) in [7, 11) is 0. The molecule has 1 atom stereocenters. The number of carbonyl (C=O) groups is 1. The normalized spacial score (nSPS) is 19.2. The molecule has 1 aliphatic carbocycles. The van der Waals surface area contributed by atoms with Gasteiger partial charge in [-0.05, 0) is 31.0 Å². The maximum Gasteiger partial charge on any atom is 0.311 e.